The predicted molar refractivity (Wildman–Crippen MR) is 78.3 cm³/mol. The van der Waals surface area contributed by atoms with Crippen molar-refractivity contribution in [1.29, 1.82) is 0 Å². The molecular weight excluding hydrogens is 250 g/mol. The summed E-state index contributed by atoms with van der Waals surface area (Å²) in [7, 11) is 0. The number of aliphatic hydroxyl groups excluding tert-OH is 1. The minimum Gasteiger partial charge on any atom is -0.392 e. The molecule has 2 N–H and O–H groups in total. The molecule has 2 atom stereocenters. The maximum atomic E-state index is 12.2. The lowest BCUT2D eigenvalue weighted by Crippen LogP contribution is -2.15. The number of aliphatic hydroxyl groups is 1. The summed E-state index contributed by atoms with van der Waals surface area (Å²) < 4.78 is 0. The van der Waals surface area contributed by atoms with Crippen molar-refractivity contribution in [3.05, 3.63) is 65.7 Å². The van der Waals surface area contributed by atoms with Gasteiger partial charge in [0.25, 0.3) is 0 Å². The Morgan fingerprint density at radius 1 is 1.10 bits per heavy atom. The number of benzene rings is 2. The van der Waals surface area contributed by atoms with Gasteiger partial charge in [0.15, 0.2) is 0 Å². The second kappa shape index (κ2) is 5.47. The summed E-state index contributed by atoms with van der Waals surface area (Å²) in [5, 5.41) is 12.2. The molecule has 1 aliphatic rings. The van der Waals surface area contributed by atoms with Crippen molar-refractivity contribution < 1.29 is 9.90 Å². The molecule has 0 bridgehead atoms. The van der Waals surface area contributed by atoms with E-state index < -0.39 is 0 Å². The number of anilines is 1. The van der Waals surface area contributed by atoms with Gasteiger partial charge in [0.2, 0.25) is 5.91 Å². The molecule has 1 aliphatic carbocycles. The fraction of sp³-hybridized carbons (Fsp3) is 0.235. The molecule has 3 heteroatoms. The molecule has 1 amide bonds. The average Bonchev–Trinajstić information content (AvgIpc) is 3.29. The van der Waals surface area contributed by atoms with Crippen molar-refractivity contribution >= 4 is 11.6 Å². The quantitative estimate of drug-likeness (QED) is 0.894. The number of carbonyl (C=O) groups excluding carboxylic acids is 1. The van der Waals surface area contributed by atoms with Crippen molar-refractivity contribution in [3.8, 4) is 0 Å². The van der Waals surface area contributed by atoms with Crippen LogP contribution in [0.3, 0.4) is 0 Å². The summed E-state index contributed by atoms with van der Waals surface area (Å²) in [6, 6.07) is 17.5. The van der Waals surface area contributed by atoms with E-state index in [1.54, 1.807) is 0 Å². The van der Waals surface area contributed by atoms with Crippen molar-refractivity contribution in [2.24, 2.45) is 5.92 Å². The summed E-state index contributed by atoms with van der Waals surface area (Å²) in [6.07, 6.45) is 0.900. The van der Waals surface area contributed by atoms with Crippen LogP contribution in [0.2, 0.25) is 0 Å². The van der Waals surface area contributed by atoms with E-state index in [1.807, 2.05) is 42.5 Å². The summed E-state index contributed by atoms with van der Waals surface area (Å²) in [4.78, 5) is 12.2. The van der Waals surface area contributed by atoms with Gasteiger partial charge in [0, 0.05) is 17.2 Å². The van der Waals surface area contributed by atoms with Crippen molar-refractivity contribution in [1.82, 2.24) is 0 Å². The van der Waals surface area contributed by atoms with E-state index in [2.05, 4.69) is 17.4 Å². The van der Waals surface area contributed by atoms with Crippen molar-refractivity contribution in [3.63, 3.8) is 0 Å². The Balaban J connectivity index is 1.67. The molecule has 2 unspecified atom stereocenters. The molecule has 0 saturated heterocycles. The van der Waals surface area contributed by atoms with E-state index in [0.29, 0.717) is 11.6 Å². The molecule has 0 aliphatic heterocycles. The molecule has 0 radical (unpaired) electrons. The minimum absolute atomic E-state index is 0.0414. The molecule has 102 valence electrons. The highest BCUT2D eigenvalue weighted by Gasteiger charge is 2.43. The number of carbonyl (C=O) groups is 1. The van der Waals surface area contributed by atoms with Crippen molar-refractivity contribution in [2.45, 2.75) is 18.9 Å². The Kier molecular flexibility index (Phi) is 3.52. The monoisotopic (exact) mass is 267 g/mol. The Morgan fingerprint density at radius 3 is 2.55 bits per heavy atom. The third kappa shape index (κ3) is 2.58. The van der Waals surface area contributed by atoms with E-state index in [-0.39, 0.29) is 18.4 Å². The van der Waals surface area contributed by atoms with Gasteiger partial charge >= 0.3 is 0 Å². The SMILES string of the molecule is O=C(Nc1ccccc1CO)C1CC1c1ccccc1. The molecule has 0 spiro atoms. The maximum absolute atomic E-state index is 12.2. The molecule has 3 nitrogen and oxygen atoms in total. The first kappa shape index (κ1) is 12.9. The third-order valence-electron chi connectivity index (χ3n) is 3.80. The average molecular weight is 267 g/mol. The Hall–Kier alpha value is -2.13. The summed E-state index contributed by atoms with van der Waals surface area (Å²) in [5.74, 6) is 0.418. The van der Waals surface area contributed by atoms with E-state index in [4.69, 9.17) is 0 Å². The molecule has 2 aromatic carbocycles. The molecular formula is C17H17NO2. The van der Waals surface area contributed by atoms with Crippen LogP contribution in [0.1, 0.15) is 23.5 Å². The van der Waals surface area contributed by atoms with E-state index in [9.17, 15) is 9.90 Å². The second-order valence-electron chi connectivity index (χ2n) is 5.16. The van der Waals surface area contributed by atoms with Crippen LogP contribution in [0.4, 0.5) is 5.69 Å². The van der Waals surface area contributed by atoms with Crippen LogP contribution in [0.15, 0.2) is 54.6 Å². The topological polar surface area (TPSA) is 49.3 Å². The smallest absolute Gasteiger partial charge is 0.228 e. The fourth-order valence-electron chi connectivity index (χ4n) is 2.56. The molecule has 3 rings (SSSR count). The van der Waals surface area contributed by atoms with Crippen LogP contribution >= 0.6 is 0 Å². The molecule has 20 heavy (non-hydrogen) atoms. The van der Waals surface area contributed by atoms with Crippen LogP contribution < -0.4 is 5.32 Å². The first-order chi connectivity index (χ1) is 9.79. The molecule has 2 aromatic rings. The van der Waals surface area contributed by atoms with Crippen LogP contribution in [0, 0.1) is 5.92 Å². The van der Waals surface area contributed by atoms with Gasteiger partial charge in [-0.2, -0.15) is 0 Å². The summed E-state index contributed by atoms with van der Waals surface area (Å²) in [6.45, 7) is -0.0662. The Labute approximate surface area is 118 Å². The number of nitrogens with one attached hydrogen (secondary N) is 1. The normalized spacial score (nSPS) is 20.4. The van der Waals surface area contributed by atoms with Crippen LogP contribution in [0.5, 0.6) is 0 Å². The first-order valence-electron chi connectivity index (χ1n) is 6.84. The van der Waals surface area contributed by atoms with Gasteiger partial charge < -0.3 is 10.4 Å². The molecule has 1 fully saturated rings. The van der Waals surface area contributed by atoms with Gasteiger partial charge in [-0.3, -0.25) is 4.79 Å². The zero-order chi connectivity index (χ0) is 13.9. The lowest BCUT2D eigenvalue weighted by molar-refractivity contribution is -0.117. The predicted octanol–water partition coefficient (Wildman–Crippen LogP) is 2.92. The van der Waals surface area contributed by atoms with E-state index in [1.165, 1.54) is 5.56 Å². The number of para-hydroxylation sites is 1. The number of hydrogen-bond donors (Lipinski definition) is 2. The largest absolute Gasteiger partial charge is 0.392 e. The minimum atomic E-state index is -0.0662. The zero-order valence-corrected chi connectivity index (χ0v) is 11.1. The van der Waals surface area contributed by atoms with Gasteiger partial charge in [-0.15, -0.1) is 0 Å². The number of hydrogen-bond acceptors (Lipinski definition) is 2. The lowest BCUT2D eigenvalue weighted by Gasteiger charge is -2.09. The van der Waals surface area contributed by atoms with Gasteiger partial charge in [-0.1, -0.05) is 48.5 Å². The fourth-order valence-corrected chi connectivity index (χ4v) is 2.56. The molecule has 0 heterocycles. The van der Waals surface area contributed by atoms with Gasteiger partial charge in [0.05, 0.1) is 6.61 Å². The lowest BCUT2D eigenvalue weighted by atomic mass is 10.1. The molecule has 1 saturated carbocycles. The van der Waals surface area contributed by atoms with Gasteiger partial charge in [-0.05, 0) is 24.0 Å². The first-order valence-corrected chi connectivity index (χ1v) is 6.84. The van der Waals surface area contributed by atoms with E-state index in [0.717, 1.165) is 12.0 Å². The van der Waals surface area contributed by atoms with E-state index >= 15 is 0 Å². The van der Waals surface area contributed by atoms with Crippen molar-refractivity contribution in [2.75, 3.05) is 5.32 Å². The zero-order valence-electron chi connectivity index (χ0n) is 11.1. The Morgan fingerprint density at radius 2 is 1.80 bits per heavy atom. The second-order valence-corrected chi connectivity index (χ2v) is 5.16. The molecule has 0 aromatic heterocycles. The number of amides is 1. The van der Waals surface area contributed by atoms with Gasteiger partial charge in [0.1, 0.15) is 0 Å². The third-order valence-corrected chi connectivity index (χ3v) is 3.80. The maximum Gasteiger partial charge on any atom is 0.228 e. The standard InChI is InChI=1S/C17H17NO2/c19-11-13-8-4-5-9-16(13)18-17(20)15-10-14(15)12-6-2-1-3-7-12/h1-9,14-15,19H,10-11H2,(H,18,20). The highest BCUT2D eigenvalue weighted by molar-refractivity contribution is 5.95. The number of rotatable bonds is 4. The summed E-state index contributed by atoms with van der Waals surface area (Å²) in [5.41, 5.74) is 2.68. The van der Waals surface area contributed by atoms with Crippen LogP contribution in [0.25, 0.3) is 0 Å². The van der Waals surface area contributed by atoms with Crippen LogP contribution in [-0.2, 0) is 11.4 Å². The van der Waals surface area contributed by atoms with Gasteiger partial charge in [-0.25, -0.2) is 0 Å². The Bertz CT molecular complexity index is 609. The highest BCUT2D eigenvalue weighted by atomic mass is 16.3. The summed E-state index contributed by atoms with van der Waals surface area (Å²) >= 11 is 0. The highest BCUT2D eigenvalue weighted by Crippen LogP contribution is 2.47. The van der Waals surface area contributed by atoms with Crippen LogP contribution in [-0.4, -0.2) is 11.0 Å².